The molecule has 1 aromatic rings. The van der Waals surface area contributed by atoms with Gasteiger partial charge >= 0.3 is 12.1 Å². The Morgan fingerprint density at radius 2 is 2.05 bits per heavy atom. The Kier molecular flexibility index (Phi) is 5.17. The third-order valence-electron chi connectivity index (χ3n) is 2.26. The van der Waals surface area contributed by atoms with E-state index < -0.39 is 18.2 Å². The molecule has 7 heteroatoms. The summed E-state index contributed by atoms with van der Waals surface area (Å²) >= 11 is 0. The number of hydrogen-bond donors (Lipinski definition) is 1. The van der Waals surface area contributed by atoms with Crippen LogP contribution in [0.1, 0.15) is 17.3 Å². The molecule has 0 saturated heterocycles. The normalized spacial score (nSPS) is 13.1. The molecule has 0 aromatic heterocycles. The van der Waals surface area contributed by atoms with Crippen molar-refractivity contribution in [3.63, 3.8) is 0 Å². The Morgan fingerprint density at radius 1 is 1.37 bits per heavy atom. The molecule has 0 aliphatic carbocycles. The highest BCUT2D eigenvalue weighted by Crippen LogP contribution is 2.22. The summed E-state index contributed by atoms with van der Waals surface area (Å²) in [5, 5.41) is 8.74. The summed E-state index contributed by atoms with van der Waals surface area (Å²) in [7, 11) is 0. The van der Waals surface area contributed by atoms with Crippen molar-refractivity contribution < 1.29 is 32.5 Å². The van der Waals surface area contributed by atoms with Crippen molar-refractivity contribution in [3.8, 4) is 5.75 Å². The van der Waals surface area contributed by atoms with Crippen LogP contribution in [-0.4, -0.2) is 36.6 Å². The van der Waals surface area contributed by atoms with Gasteiger partial charge in [0.2, 0.25) is 0 Å². The van der Waals surface area contributed by atoms with Crippen molar-refractivity contribution in [2.75, 3.05) is 13.2 Å². The number of alkyl halides is 3. The predicted octanol–water partition coefficient (Wildman–Crippen LogP) is 2.73. The lowest BCUT2D eigenvalue weighted by Gasteiger charge is -2.16. The standard InChI is InChI=1S/C12H13F3O4/c1-8(12(13,14)15)18-5-6-19-10-4-2-3-9(7-10)11(16)17/h2-4,7-8H,5-6H2,1H3,(H,16,17). The first-order chi connectivity index (χ1) is 8.80. The van der Waals surface area contributed by atoms with Crippen molar-refractivity contribution in [1.82, 2.24) is 0 Å². The van der Waals surface area contributed by atoms with Gasteiger partial charge in [-0.1, -0.05) is 6.07 Å². The zero-order chi connectivity index (χ0) is 14.5. The van der Waals surface area contributed by atoms with Gasteiger partial charge in [0.05, 0.1) is 12.2 Å². The van der Waals surface area contributed by atoms with Gasteiger partial charge in [0.15, 0.2) is 6.10 Å². The zero-order valence-electron chi connectivity index (χ0n) is 10.1. The van der Waals surface area contributed by atoms with Crippen molar-refractivity contribution in [3.05, 3.63) is 29.8 Å². The smallest absolute Gasteiger partial charge is 0.414 e. The largest absolute Gasteiger partial charge is 0.491 e. The Labute approximate surface area is 107 Å². The van der Waals surface area contributed by atoms with E-state index in [1.807, 2.05) is 0 Å². The lowest BCUT2D eigenvalue weighted by Crippen LogP contribution is -2.29. The highest BCUT2D eigenvalue weighted by atomic mass is 19.4. The van der Waals surface area contributed by atoms with Crippen LogP contribution in [0.15, 0.2) is 24.3 Å². The van der Waals surface area contributed by atoms with Crippen LogP contribution in [0.2, 0.25) is 0 Å². The van der Waals surface area contributed by atoms with Gasteiger partial charge in [-0.05, 0) is 25.1 Å². The van der Waals surface area contributed by atoms with E-state index in [4.69, 9.17) is 9.84 Å². The summed E-state index contributed by atoms with van der Waals surface area (Å²) in [5.74, 6) is -0.837. The molecule has 1 aromatic carbocycles. The van der Waals surface area contributed by atoms with Crippen molar-refractivity contribution in [2.45, 2.75) is 19.2 Å². The van der Waals surface area contributed by atoms with Crippen LogP contribution in [-0.2, 0) is 4.74 Å². The van der Waals surface area contributed by atoms with Crippen LogP contribution in [0.25, 0.3) is 0 Å². The number of aromatic carboxylic acids is 1. The average Bonchev–Trinajstić information content (AvgIpc) is 2.33. The van der Waals surface area contributed by atoms with Gasteiger partial charge < -0.3 is 14.6 Å². The molecular weight excluding hydrogens is 265 g/mol. The van der Waals surface area contributed by atoms with E-state index in [0.29, 0.717) is 0 Å². The molecule has 1 N–H and O–H groups in total. The number of carbonyl (C=O) groups is 1. The average molecular weight is 278 g/mol. The fraction of sp³-hybridized carbons (Fsp3) is 0.417. The maximum absolute atomic E-state index is 12.1. The predicted molar refractivity (Wildman–Crippen MR) is 60.4 cm³/mol. The first kappa shape index (κ1) is 15.3. The summed E-state index contributed by atoms with van der Waals surface area (Å²) in [4.78, 5) is 10.7. The van der Waals surface area contributed by atoms with Gasteiger partial charge in [-0.2, -0.15) is 13.2 Å². The molecule has 1 rings (SSSR count). The fourth-order valence-corrected chi connectivity index (χ4v) is 1.20. The first-order valence-electron chi connectivity index (χ1n) is 5.45. The van der Waals surface area contributed by atoms with Crippen molar-refractivity contribution in [1.29, 1.82) is 0 Å². The molecule has 0 fully saturated rings. The van der Waals surface area contributed by atoms with Gasteiger partial charge in [-0.25, -0.2) is 4.79 Å². The molecule has 0 radical (unpaired) electrons. The zero-order valence-corrected chi connectivity index (χ0v) is 10.1. The van der Waals surface area contributed by atoms with E-state index in [0.717, 1.165) is 6.92 Å². The van der Waals surface area contributed by atoms with E-state index in [-0.39, 0.29) is 24.5 Å². The topological polar surface area (TPSA) is 55.8 Å². The molecule has 106 valence electrons. The minimum atomic E-state index is -4.40. The maximum Gasteiger partial charge on any atom is 0.414 e. The number of benzene rings is 1. The van der Waals surface area contributed by atoms with Crippen LogP contribution < -0.4 is 4.74 Å². The molecular formula is C12H13F3O4. The second kappa shape index (κ2) is 6.42. The molecule has 0 aliphatic heterocycles. The molecule has 0 heterocycles. The molecule has 1 unspecified atom stereocenters. The maximum atomic E-state index is 12.1. The number of carboxylic acids is 1. The molecule has 0 bridgehead atoms. The Hall–Kier alpha value is -1.76. The van der Waals surface area contributed by atoms with Crippen molar-refractivity contribution in [2.24, 2.45) is 0 Å². The lowest BCUT2D eigenvalue weighted by molar-refractivity contribution is -0.215. The number of carboxylic acid groups (broad SMARTS) is 1. The number of halogens is 3. The monoisotopic (exact) mass is 278 g/mol. The van der Waals surface area contributed by atoms with Crippen LogP contribution >= 0.6 is 0 Å². The van der Waals surface area contributed by atoms with Crippen LogP contribution in [0.3, 0.4) is 0 Å². The number of rotatable bonds is 6. The lowest BCUT2D eigenvalue weighted by atomic mass is 10.2. The van der Waals surface area contributed by atoms with E-state index in [1.165, 1.54) is 24.3 Å². The molecule has 0 amide bonds. The van der Waals surface area contributed by atoms with E-state index in [2.05, 4.69) is 4.74 Å². The van der Waals surface area contributed by atoms with Gasteiger partial charge in [-0.3, -0.25) is 0 Å². The van der Waals surface area contributed by atoms with Crippen LogP contribution in [0.5, 0.6) is 5.75 Å². The SMILES string of the molecule is CC(OCCOc1cccc(C(=O)O)c1)C(F)(F)F. The molecule has 19 heavy (non-hydrogen) atoms. The third-order valence-corrected chi connectivity index (χ3v) is 2.26. The minimum Gasteiger partial charge on any atom is -0.491 e. The fourth-order valence-electron chi connectivity index (χ4n) is 1.20. The van der Waals surface area contributed by atoms with Crippen LogP contribution in [0.4, 0.5) is 13.2 Å². The Bertz CT molecular complexity index is 431. The number of hydrogen-bond acceptors (Lipinski definition) is 3. The second-order valence-corrected chi connectivity index (χ2v) is 3.74. The quantitative estimate of drug-likeness (QED) is 0.813. The minimum absolute atomic E-state index is 0.0436. The summed E-state index contributed by atoms with van der Waals surface area (Å²) in [6, 6.07) is 5.67. The van der Waals surface area contributed by atoms with Crippen molar-refractivity contribution >= 4 is 5.97 Å². The summed E-state index contributed by atoms with van der Waals surface area (Å²) in [6.07, 6.45) is -6.26. The first-order valence-corrected chi connectivity index (χ1v) is 5.45. The second-order valence-electron chi connectivity index (χ2n) is 3.74. The third kappa shape index (κ3) is 5.17. The van der Waals surface area contributed by atoms with Gasteiger partial charge in [0.25, 0.3) is 0 Å². The number of ether oxygens (including phenoxy) is 2. The van der Waals surface area contributed by atoms with Gasteiger partial charge in [0, 0.05) is 0 Å². The molecule has 0 aliphatic rings. The molecule has 4 nitrogen and oxygen atoms in total. The summed E-state index contributed by atoms with van der Waals surface area (Å²) < 4.78 is 46.0. The van der Waals surface area contributed by atoms with Crippen LogP contribution in [0, 0.1) is 0 Å². The highest BCUT2D eigenvalue weighted by Gasteiger charge is 2.36. The van der Waals surface area contributed by atoms with Gasteiger partial charge in [0.1, 0.15) is 12.4 Å². The molecule has 1 atom stereocenters. The molecule has 0 saturated carbocycles. The Balaban J connectivity index is 2.38. The van der Waals surface area contributed by atoms with E-state index in [1.54, 1.807) is 0 Å². The van der Waals surface area contributed by atoms with E-state index in [9.17, 15) is 18.0 Å². The van der Waals surface area contributed by atoms with E-state index >= 15 is 0 Å². The van der Waals surface area contributed by atoms with Gasteiger partial charge in [-0.15, -0.1) is 0 Å². The molecule has 0 spiro atoms. The summed E-state index contributed by atoms with van der Waals surface area (Å²) in [5.41, 5.74) is 0.0436. The highest BCUT2D eigenvalue weighted by molar-refractivity contribution is 5.87. The Morgan fingerprint density at radius 3 is 2.63 bits per heavy atom. The summed E-state index contributed by atoms with van der Waals surface area (Å²) in [6.45, 7) is 0.576.